The molecule has 0 spiro atoms. The van der Waals surface area contributed by atoms with E-state index in [0.29, 0.717) is 22.9 Å². The number of aryl methyl sites for hydroxylation is 2. The molecule has 56 valence electrons. The van der Waals surface area contributed by atoms with Crippen LogP contribution in [0.5, 0.6) is 0 Å². The highest BCUT2D eigenvalue weighted by Gasteiger charge is 2.01. The lowest BCUT2D eigenvalue weighted by molar-refractivity contribution is 1.05. The van der Waals surface area contributed by atoms with Gasteiger partial charge >= 0.3 is 0 Å². The van der Waals surface area contributed by atoms with Gasteiger partial charge in [-0.2, -0.15) is 0 Å². The average Bonchev–Trinajstić information content (AvgIpc) is 1.97. The second-order valence-corrected chi connectivity index (χ2v) is 2.27. The normalized spacial score (nSPS) is 9.18. The number of hydrogen-bond donors (Lipinski definition) is 1. The molecule has 1 aromatic heterocycles. The number of aromatic nitrogens is 2. The molecule has 3 nitrogen and oxygen atoms in total. The summed E-state index contributed by atoms with van der Waals surface area (Å²) in [5.74, 6) is 2.88. The fourth-order valence-electron chi connectivity index (χ4n) is 0.757. The first-order valence-corrected chi connectivity index (χ1v) is 3.22. The molecule has 0 aromatic carbocycles. The maximum atomic E-state index is 5.50. The number of rotatable bonds is 0. The Morgan fingerprint density at radius 2 is 1.91 bits per heavy atom. The molecule has 0 aliphatic heterocycles. The van der Waals surface area contributed by atoms with E-state index < -0.39 is 0 Å². The number of nitrogen functional groups attached to an aromatic ring is 1. The molecule has 3 heteroatoms. The van der Waals surface area contributed by atoms with E-state index in [1.807, 2.05) is 0 Å². The fraction of sp³-hybridized carbons (Fsp3) is 0.250. The van der Waals surface area contributed by atoms with Crippen LogP contribution in [0.1, 0.15) is 17.1 Å². The Bertz CT molecular complexity index is 323. The van der Waals surface area contributed by atoms with Gasteiger partial charge in [-0.1, -0.05) is 0 Å². The number of nitrogens with zero attached hydrogens (tertiary/aromatic N) is 2. The van der Waals surface area contributed by atoms with Crippen molar-refractivity contribution in [2.24, 2.45) is 0 Å². The van der Waals surface area contributed by atoms with Gasteiger partial charge in [-0.05, 0) is 19.8 Å². The molecule has 0 fully saturated rings. The first-order valence-electron chi connectivity index (χ1n) is 3.22. The Kier molecular flexibility index (Phi) is 1.77. The van der Waals surface area contributed by atoms with Crippen molar-refractivity contribution in [1.82, 2.24) is 9.97 Å². The van der Waals surface area contributed by atoms with Crippen LogP contribution in [0.2, 0.25) is 0 Å². The predicted molar refractivity (Wildman–Crippen MR) is 43.9 cm³/mol. The second kappa shape index (κ2) is 2.59. The van der Waals surface area contributed by atoms with E-state index in [2.05, 4.69) is 15.9 Å². The Hall–Kier alpha value is -1.56. The summed E-state index contributed by atoms with van der Waals surface area (Å²) in [5, 5.41) is 0. The maximum absolute atomic E-state index is 5.50. The van der Waals surface area contributed by atoms with E-state index in [-0.39, 0.29) is 0 Å². The molecule has 1 aromatic rings. The van der Waals surface area contributed by atoms with Crippen molar-refractivity contribution in [3.63, 3.8) is 0 Å². The Labute approximate surface area is 65.7 Å². The van der Waals surface area contributed by atoms with Gasteiger partial charge in [0, 0.05) is 0 Å². The summed E-state index contributed by atoms with van der Waals surface area (Å²) >= 11 is 0. The minimum absolute atomic E-state index is 0.446. The van der Waals surface area contributed by atoms with Crippen LogP contribution in [-0.4, -0.2) is 9.97 Å². The lowest BCUT2D eigenvalue weighted by Gasteiger charge is -2.01. The molecule has 1 rings (SSSR count). The molecule has 0 bridgehead atoms. The lowest BCUT2D eigenvalue weighted by atomic mass is 10.3. The van der Waals surface area contributed by atoms with Gasteiger partial charge in [-0.15, -0.1) is 6.42 Å². The number of terminal acetylenes is 1. The molecule has 0 unspecified atom stereocenters. The van der Waals surface area contributed by atoms with Gasteiger partial charge in [0.1, 0.15) is 11.5 Å². The molecule has 0 atom stereocenters. The van der Waals surface area contributed by atoms with Gasteiger partial charge in [0.2, 0.25) is 0 Å². The van der Waals surface area contributed by atoms with Crippen LogP contribution < -0.4 is 5.73 Å². The van der Waals surface area contributed by atoms with Gasteiger partial charge in [0.25, 0.3) is 0 Å². The Balaban J connectivity index is 3.35. The third-order valence-corrected chi connectivity index (χ3v) is 1.42. The number of anilines is 1. The van der Waals surface area contributed by atoms with E-state index in [9.17, 15) is 0 Å². The van der Waals surface area contributed by atoms with Crippen LogP contribution in [-0.2, 0) is 0 Å². The molecule has 0 aliphatic carbocycles. The van der Waals surface area contributed by atoms with Crippen molar-refractivity contribution < 1.29 is 0 Å². The molecule has 2 N–H and O–H groups in total. The van der Waals surface area contributed by atoms with Crippen LogP contribution in [0.15, 0.2) is 0 Å². The van der Waals surface area contributed by atoms with E-state index in [1.54, 1.807) is 13.8 Å². The summed E-state index contributed by atoms with van der Waals surface area (Å²) in [6, 6.07) is 0. The summed E-state index contributed by atoms with van der Waals surface area (Å²) in [7, 11) is 0. The molecule has 0 amide bonds. The zero-order valence-corrected chi connectivity index (χ0v) is 6.55. The predicted octanol–water partition coefficient (Wildman–Crippen LogP) is 0.657. The SMILES string of the molecule is C#Cc1nc(C)c(N)nc1C. The smallest absolute Gasteiger partial charge is 0.145 e. The monoisotopic (exact) mass is 147 g/mol. The second-order valence-electron chi connectivity index (χ2n) is 2.27. The highest BCUT2D eigenvalue weighted by atomic mass is 14.9. The molecule has 0 saturated heterocycles. The molecule has 1 heterocycles. The largest absolute Gasteiger partial charge is 0.382 e. The third kappa shape index (κ3) is 1.30. The van der Waals surface area contributed by atoms with Gasteiger partial charge < -0.3 is 5.73 Å². The van der Waals surface area contributed by atoms with Gasteiger partial charge in [-0.3, -0.25) is 0 Å². The van der Waals surface area contributed by atoms with Crippen LogP contribution >= 0.6 is 0 Å². The maximum Gasteiger partial charge on any atom is 0.145 e. The van der Waals surface area contributed by atoms with Crippen molar-refractivity contribution in [3.8, 4) is 12.3 Å². The minimum Gasteiger partial charge on any atom is -0.382 e. The Morgan fingerprint density at radius 1 is 1.27 bits per heavy atom. The third-order valence-electron chi connectivity index (χ3n) is 1.42. The molecular weight excluding hydrogens is 138 g/mol. The van der Waals surface area contributed by atoms with Crippen molar-refractivity contribution in [3.05, 3.63) is 17.1 Å². The van der Waals surface area contributed by atoms with Crippen LogP contribution in [0.4, 0.5) is 5.82 Å². The molecular formula is C8H9N3. The van der Waals surface area contributed by atoms with Crippen molar-refractivity contribution in [1.29, 1.82) is 0 Å². The van der Waals surface area contributed by atoms with E-state index in [0.717, 1.165) is 0 Å². The fourth-order valence-corrected chi connectivity index (χ4v) is 0.757. The van der Waals surface area contributed by atoms with Gasteiger partial charge in [-0.25, -0.2) is 9.97 Å². The zero-order chi connectivity index (χ0) is 8.43. The highest BCUT2D eigenvalue weighted by Crippen LogP contribution is 2.07. The first kappa shape index (κ1) is 7.55. The quantitative estimate of drug-likeness (QED) is 0.548. The first-order chi connectivity index (χ1) is 5.15. The highest BCUT2D eigenvalue weighted by molar-refractivity contribution is 5.39. The average molecular weight is 147 g/mol. The van der Waals surface area contributed by atoms with Crippen molar-refractivity contribution in [2.75, 3.05) is 5.73 Å². The molecule has 0 saturated carbocycles. The molecule has 11 heavy (non-hydrogen) atoms. The summed E-state index contributed by atoms with van der Waals surface area (Å²) in [6.07, 6.45) is 5.18. The van der Waals surface area contributed by atoms with Crippen LogP contribution in [0.25, 0.3) is 0 Å². The standard InChI is InChI=1S/C8H9N3/c1-4-7-5(2)11-8(9)6(3)10-7/h1H,2-3H3,(H2,9,11). The summed E-state index contributed by atoms with van der Waals surface area (Å²) < 4.78 is 0. The van der Waals surface area contributed by atoms with Gasteiger partial charge in [0.15, 0.2) is 0 Å². The van der Waals surface area contributed by atoms with Crippen LogP contribution in [0, 0.1) is 26.2 Å². The lowest BCUT2D eigenvalue weighted by Crippen LogP contribution is -2.02. The van der Waals surface area contributed by atoms with Gasteiger partial charge in [0.05, 0.1) is 11.4 Å². The van der Waals surface area contributed by atoms with E-state index in [4.69, 9.17) is 12.2 Å². The summed E-state index contributed by atoms with van der Waals surface area (Å²) in [4.78, 5) is 8.08. The van der Waals surface area contributed by atoms with Crippen molar-refractivity contribution >= 4 is 5.82 Å². The topological polar surface area (TPSA) is 51.8 Å². The molecule has 0 aliphatic rings. The molecule has 0 radical (unpaired) electrons. The minimum atomic E-state index is 0.446. The zero-order valence-electron chi connectivity index (χ0n) is 6.55. The summed E-state index contributed by atoms with van der Waals surface area (Å²) in [5.41, 5.74) is 7.46. The number of hydrogen-bond acceptors (Lipinski definition) is 3. The summed E-state index contributed by atoms with van der Waals surface area (Å²) in [6.45, 7) is 3.57. The van der Waals surface area contributed by atoms with E-state index in [1.165, 1.54) is 0 Å². The van der Waals surface area contributed by atoms with Crippen LogP contribution in [0.3, 0.4) is 0 Å². The number of nitrogens with two attached hydrogens (primary N) is 1. The van der Waals surface area contributed by atoms with E-state index >= 15 is 0 Å². The Morgan fingerprint density at radius 3 is 2.45 bits per heavy atom. The van der Waals surface area contributed by atoms with Crippen molar-refractivity contribution in [2.45, 2.75) is 13.8 Å².